The van der Waals surface area contributed by atoms with E-state index in [9.17, 15) is 8.78 Å². The number of nitriles is 1. The number of nitrogens with zero attached hydrogens (tertiary/aromatic N) is 1. The minimum atomic E-state index is -1.07. The van der Waals surface area contributed by atoms with Crippen LogP contribution in [0.15, 0.2) is 36.4 Å². The van der Waals surface area contributed by atoms with Crippen molar-refractivity contribution in [3.8, 4) is 17.2 Å². The Bertz CT molecular complexity index is 812. The third kappa shape index (κ3) is 4.79. The molecule has 0 unspecified atom stereocenters. The lowest BCUT2D eigenvalue weighted by atomic mass is 9.77. The van der Waals surface area contributed by atoms with Gasteiger partial charge < -0.3 is 0 Å². The van der Waals surface area contributed by atoms with Gasteiger partial charge in [-0.25, -0.2) is 8.78 Å². The molecule has 0 heterocycles. The van der Waals surface area contributed by atoms with Gasteiger partial charge in [-0.2, -0.15) is 5.26 Å². The molecule has 1 aliphatic carbocycles. The van der Waals surface area contributed by atoms with E-state index in [2.05, 4.69) is 19.1 Å². The average Bonchev–Trinajstić information content (AvgIpc) is 2.74. The summed E-state index contributed by atoms with van der Waals surface area (Å²) in [6.07, 6.45) is 11.8. The van der Waals surface area contributed by atoms with Gasteiger partial charge in [-0.3, -0.25) is 0 Å². The second-order valence-corrected chi connectivity index (χ2v) is 8.09. The highest BCUT2D eigenvalue weighted by molar-refractivity contribution is 5.65. The Balaban J connectivity index is 1.60. The Labute approximate surface area is 167 Å². The van der Waals surface area contributed by atoms with E-state index < -0.39 is 11.6 Å². The van der Waals surface area contributed by atoms with Gasteiger partial charge in [-0.05, 0) is 60.8 Å². The number of unbranched alkanes of at least 4 members (excludes halogenated alkanes) is 3. The maximum Gasteiger partial charge on any atom is 0.177 e. The van der Waals surface area contributed by atoms with E-state index in [0.717, 1.165) is 5.92 Å². The zero-order valence-corrected chi connectivity index (χ0v) is 16.7. The molecule has 1 nitrogen and oxygen atoms in total. The number of hydrogen-bond donors (Lipinski definition) is 0. The molecule has 1 saturated carbocycles. The second kappa shape index (κ2) is 9.82. The molecule has 0 aliphatic heterocycles. The lowest BCUT2D eigenvalue weighted by molar-refractivity contribution is 0.302. The van der Waals surface area contributed by atoms with Gasteiger partial charge >= 0.3 is 0 Å². The first-order valence-corrected chi connectivity index (χ1v) is 10.6. The van der Waals surface area contributed by atoms with Gasteiger partial charge in [0.25, 0.3) is 0 Å². The van der Waals surface area contributed by atoms with Gasteiger partial charge in [0, 0.05) is 5.56 Å². The highest BCUT2D eigenvalue weighted by Crippen LogP contribution is 2.38. The summed E-state index contributed by atoms with van der Waals surface area (Å²) in [5.41, 5.74) is 1.89. The third-order valence-corrected chi connectivity index (χ3v) is 6.21. The first-order valence-electron chi connectivity index (χ1n) is 10.6. The van der Waals surface area contributed by atoms with Gasteiger partial charge in [0.1, 0.15) is 6.07 Å². The molecule has 2 aromatic carbocycles. The van der Waals surface area contributed by atoms with Crippen LogP contribution < -0.4 is 0 Å². The topological polar surface area (TPSA) is 23.8 Å². The molecular weight excluding hydrogens is 352 g/mol. The van der Waals surface area contributed by atoms with Gasteiger partial charge in [0.15, 0.2) is 11.6 Å². The van der Waals surface area contributed by atoms with Crippen molar-refractivity contribution >= 4 is 0 Å². The van der Waals surface area contributed by atoms with Gasteiger partial charge in [-0.15, -0.1) is 0 Å². The summed E-state index contributed by atoms with van der Waals surface area (Å²) in [6, 6.07) is 12.3. The summed E-state index contributed by atoms with van der Waals surface area (Å²) in [6.45, 7) is 2.25. The first kappa shape index (κ1) is 20.5. The molecule has 0 radical (unpaired) electrons. The molecule has 3 rings (SSSR count). The standard InChI is InChI=1S/C25H29F2N/c1-2-3-4-5-6-18-7-9-19(10-8-18)20-11-13-21(14-12-20)23-16-15-22(17-28)24(26)25(23)27/h11-16,18-19H,2-10H2,1H3/t18-,19-. The van der Waals surface area contributed by atoms with Crippen molar-refractivity contribution in [3.63, 3.8) is 0 Å². The van der Waals surface area contributed by atoms with E-state index in [1.54, 1.807) is 6.07 Å². The number of benzene rings is 2. The number of halogens is 2. The Kier molecular flexibility index (Phi) is 7.20. The summed E-state index contributed by atoms with van der Waals surface area (Å²) in [5, 5.41) is 8.82. The second-order valence-electron chi connectivity index (χ2n) is 8.09. The number of rotatable bonds is 7. The summed E-state index contributed by atoms with van der Waals surface area (Å²) >= 11 is 0. The SMILES string of the molecule is CCCCCC[C@H]1CC[C@H](c2ccc(-c3ccc(C#N)c(F)c3F)cc2)CC1. The third-order valence-electron chi connectivity index (χ3n) is 6.21. The molecule has 0 atom stereocenters. The van der Waals surface area contributed by atoms with Crippen molar-refractivity contribution in [1.29, 1.82) is 5.26 Å². The summed E-state index contributed by atoms with van der Waals surface area (Å²) in [7, 11) is 0. The minimum absolute atomic E-state index is 0.207. The predicted octanol–water partition coefficient (Wildman–Crippen LogP) is 7.75. The minimum Gasteiger partial charge on any atom is -0.203 e. The Morgan fingerprint density at radius 1 is 0.893 bits per heavy atom. The number of hydrogen-bond acceptors (Lipinski definition) is 1. The molecule has 0 bridgehead atoms. The molecule has 1 aliphatic rings. The van der Waals surface area contributed by atoms with Gasteiger partial charge in [0.05, 0.1) is 5.56 Å². The molecular formula is C25H29F2N. The Morgan fingerprint density at radius 3 is 2.25 bits per heavy atom. The van der Waals surface area contributed by atoms with Crippen molar-refractivity contribution in [2.75, 3.05) is 0 Å². The molecule has 0 spiro atoms. The van der Waals surface area contributed by atoms with Crippen LogP contribution in [0.4, 0.5) is 8.78 Å². The fraction of sp³-hybridized carbons (Fsp3) is 0.480. The van der Waals surface area contributed by atoms with Gasteiger partial charge in [-0.1, -0.05) is 63.3 Å². The summed E-state index contributed by atoms with van der Waals surface area (Å²) < 4.78 is 28.1. The molecule has 0 aromatic heterocycles. The molecule has 2 aromatic rings. The smallest absolute Gasteiger partial charge is 0.177 e. The van der Waals surface area contributed by atoms with Gasteiger partial charge in [0.2, 0.25) is 0 Å². The van der Waals surface area contributed by atoms with Crippen molar-refractivity contribution in [2.24, 2.45) is 5.92 Å². The average molecular weight is 382 g/mol. The quantitative estimate of drug-likeness (QED) is 0.450. The van der Waals surface area contributed by atoms with Crippen molar-refractivity contribution in [2.45, 2.75) is 70.6 Å². The van der Waals surface area contributed by atoms with Crippen LogP contribution in [0, 0.1) is 28.9 Å². The van der Waals surface area contributed by atoms with E-state index in [1.165, 1.54) is 75.5 Å². The van der Waals surface area contributed by atoms with E-state index in [0.29, 0.717) is 11.5 Å². The highest BCUT2D eigenvalue weighted by atomic mass is 19.2. The van der Waals surface area contributed by atoms with E-state index in [-0.39, 0.29) is 11.1 Å². The van der Waals surface area contributed by atoms with Crippen LogP contribution in [0.3, 0.4) is 0 Å². The molecule has 0 amide bonds. The van der Waals surface area contributed by atoms with Crippen LogP contribution in [-0.4, -0.2) is 0 Å². The maximum absolute atomic E-state index is 14.3. The lowest BCUT2D eigenvalue weighted by Crippen LogP contribution is -2.13. The van der Waals surface area contributed by atoms with Crippen molar-refractivity contribution in [3.05, 3.63) is 59.2 Å². The van der Waals surface area contributed by atoms with Crippen LogP contribution >= 0.6 is 0 Å². The Hall–Kier alpha value is -2.21. The highest BCUT2D eigenvalue weighted by Gasteiger charge is 2.22. The largest absolute Gasteiger partial charge is 0.203 e. The molecule has 28 heavy (non-hydrogen) atoms. The van der Waals surface area contributed by atoms with Crippen LogP contribution in [-0.2, 0) is 0 Å². The fourth-order valence-corrected chi connectivity index (χ4v) is 4.44. The molecule has 148 valence electrons. The first-order chi connectivity index (χ1) is 13.6. The maximum atomic E-state index is 14.3. The van der Waals surface area contributed by atoms with E-state index in [4.69, 9.17) is 5.26 Å². The zero-order valence-electron chi connectivity index (χ0n) is 16.7. The normalized spacial score (nSPS) is 19.4. The lowest BCUT2D eigenvalue weighted by Gasteiger charge is -2.29. The van der Waals surface area contributed by atoms with Crippen LogP contribution in [0.2, 0.25) is 0 Å². The monoisotopic (exact) mass is 381 g/mol. The fourth-order valence-electron chi connectivity index (χ4n) is 4.44. The zero-order chi connectivity index (χ0) is 19.9. The van der Waals surface area contributed by atoms with Crippen molar-refractivity contribution in [1.82, 2.24) is 0 Å². The molecule has 0 N–H and O–H groups in total. The van der Waals surface area contributed by atoms with Crippen molar-refractivity contribution < 1.29 is 8.78 Å². The Morgan fingerprint density at radius 2 is 1.61 bits per heavy atom. The summed E-state index contributed by atoms with van der Waals surface area (Å²) in [5.74, 6) is -0.566. The molecule has 0 saturated heterocycles. The predicted molar refractivity (Wildman–Crippen MR) is 110 cm³/mol. The van der Waals surface area contributed by atoms with Crippen LogP contribution in [0.25, 0.3) is 11.1 Å². The van der Waals surface area contributed by atoms with Crippen LogP contribution in [0.1, 0.15) is 81.8 Å². The van der Waals surface area contributed by atoms with Crippen LogP contribution in [0.5, 0.6) is 0 Å². The van der Waals surface area contributed by atoms with E-state index >= 15 is 0 Å². The van der Waals surface area contributed by atoms with E-state index in [1.807, 2.05) is 12.1 Å². The molecule has 1 fully saturated rings. The molecule has 3 heteroatoms. The summed E-state index contributed by atoms with van der Waals surface area (Å²) in [4.78, 5) is 0.